The molecule has 1 N–H and O–H groups in total. The van der Waals surface area contributed by atoms with E-state index >= 15 is 0 Å². The highest BCUT2D eigenvalue weighted by atomic mass is 16.5. The molecule has 0 saturated carbocycles. The van der Waals surface area contributed by atoms with Gasteiger partial charge in [0.1, 0.15) is 6.04 Å². The van der Waals surface area contributed by atoms with Crippen LogP contribution in [0.25, 0.3) is 5.69 Å². The van der Waals surface area contributed by atoms with Crippen molar-refractivity contribution in [3.8, 4) is 5.69 Å². The fourth-order valence-electron chi connectivity index (χ4n) is 1.87. The second kappa shape index (κ2) is 6.15. The molecular formula is C14H17N3O2. The predicted molar refractivity (Wildman–Crippen MR) is 72.0 cm³/mol. The number of carbonyl (C=O) groups is 1. The average Bonchev–Trinajstić information content (AvgIpc) is 2.94. The Balaban J connectivity index is 2.26. The topological polar surface area (TPSA) is 56.1 Å². The van der Waals surface area contributed by atoms with Crippen LogP contribution in [0, 0.1) is 0 Å². The van der Waals surface area contributed by atoms with Crippen molar-refractivity contribution in [3.05, 3.63) is 48.3 Å². The number of aromatic nitrogens is 2. The van der Waals surface area contributed by atoms with Gasteiger partial charge < -0.3 is 10.1 Å². The lowest BCUT2D eigenvalue weighted by Crippen LogP contribution is -2.29. The molecule has 0 spiro atoms. The standard InChI is InChI=1S/C14H17N3O2/c1-3-15-13(14(18)19-2)11-9-16-17(10-11)12-7-5-4-6-8-12/h4-10,13,15H,3H2,1-2H3. The van der Waals surface area contributed by atoms with Gasteiger partial charge in [-0.3, -0.25) is 0 Å². The van der Waals surface area contributed by atoms with Crippen molar-refractivity contribution < 1.29 is 9.53 Å². The third-order valence-corrected chi connectivity index (χ3v) is 2.80. The molecular weight excluding hydrogens is 242 g/mol. The van der Waals surface area contributed by atoms with Crippen LogP contribution in [0.1, 0.15) is 18.5 Å². The van der Waals surface area contributed by atoms with E-state index in [-0.39, 0.29) is 5.97 Å². The van der Waals surface area contributed by atoms with Crippen LogP contribution in [0.4, 0.5) is 0 Å². The van der Waals surface area contributed by atoms with E-state index in [9.17, 15) is 4.79 Å². The molecule has 0 amide bonds. The number of hydrogen-bond donors (Lipinski definition) is 1. The van der Waals surface area contributed by atoms with E-state index in [0.717, 1.165) is 11.3 Å². The molecule has 1 aromatic heterocycles. The molecule has 1 atom stereocenters. The first-order valence-electron chi connectivity index (χ1n) is 6.17. The Morgan fingerprint density at radius 1 is 1.42 bits per heavy atom. The van der Waals surface area contributed by atoms with Crippen LogP contribution in [0.3, 0.4) is 0 Å². The zero-order valence-electron chi connectivity index (χ0n) is 11.0. The molecule has 2 aromatic rings. The number of nitrogens with one attached hydrogen (secondary N) is 1. The highest BCUT2D eigenvalue weighted by Crippen LogP contribution is 2.16. The third kappa shape index (κ3) is 3.00. The number of esters is 1. The molecule has 100 valence electrons. The summed E-state index contributed by atoms with van der Waals surface area (Å²) in [7, 11) is 1.38. The van der Waals surface area contributed by atoms with Crippen LogP contribution in [-0.4, -0.2) is 29.4 Å². The number of nitrogens with zero attached hydrogens (tertiary/aromatic N) is 2. The van der Waals surface area contributed by atoms with E-state index in [1.807, 2.05) is 43.5 Å². The number of methoxy groups -OCH3 is 1. The van der Waals surface area contributed by atoms with Crippen LogP contribution >= 0.6 is 0 Å². The minimum atomic E-state index is -0.479. The largest absolute Gasteiger partial charge is 0.468 e. The zero-order chi connectivity index (χ0) is 13.7. The molecule has 5 nitrogen and oxygen atoms in total. The number of ether oxygens (including phenoxy) is 1. The van der Waals surface area contributed by atoms with Gasteiger partial charge >= 0.3 is 5.97 Å². The van der Waals surface area contributed by atoms with Gasteiger partial charge in [0.05, 0.1) is 19.0 Å². The van der Waals surface area contributed by atoms with Crippen molar-refractivity contribution in [2.24, 2.45) is 0 Å². The SMILES string of the molecule is CCNC(C(=O)OC)c1cnn(-c2ccccc2)c1. The summed E-state index contributed by atoms with van der Waals surface area (Å²) in [4.78, 5) is 11.7. The van der Waals surface area contributed by atoms with Crippen molar-refractivity contribution in [1.82, 2.24) is 15.1 Å². The predicted octanol–water partition coefficient (Wildman–Crippen LogP) is 1.70. The molecule has 0 saturated heterocycles. The molecule has 0 radical (unpaired) electrons. The Morgan fingerprint density at radius 3 is 2.79 bits per heavy atom. The van der Waals surface area contributed by atoms with E-state index in [2.05, 4.69) is 10.4 Å². The molecule has 1 unspecified atom stereocenters. The zero-order valence-corrected chi connectivity index (χ0v) is 11.0. The minimum absolute atomic E-state index is 0.311. The summed E-state index contributed by atoms with van der Waals surface area (Å²) in [6.07, 6.45) is 3.51. The van der Waals surface area contributed by atoms with Crippen LogP contribution in [0.5, 0.6) is 0 Å². The van der Waals surface area contributed by atoms with Gasteiger partial charge in [0, 0.05) is 11.8 Å². The first kappa shape index (κ1) is 13.3. The lowest BCUT2D eigenvalue weighted by atomic mass is 10.1. The summed E-state index contributed by atoms with van der Waals surface area (Å²) in [6, 6.07) is 9.27. The first-order chi connectivity index (χ1) is 9.26. The van der Waals surface area contributed by atoms with Crippen LogP contribution in [0.15, 0.2) is 42.7 Å². The fourth-order valence-corrected chi connectivity index (χ4v) is 1.87. The second-order valence-electron chi connectivity index (χ2n) is 4.07. The normalized spacial score (nSPS) is 12.1. The van der Waals surface area contributed by atoms with E-state index in [1.54, 1.807) is 10.9 Å². The van der Waals surface area contributed by atoms with Crippen LogP contribution in [0.2, 0.25) is 0 Å². The maximum absolute atomic E-state index is 11.7. The number of para-hydroxylation sites is 1. The van der Waals surface area contributed by atoms with Gasteiger partial charge in [-0.2, -0.15) is 5.10 Å². The number of hydrogen-bond acceptors (Lipinski definition) is 4. The summed E-state index contributed by atoms with van der Waals surface area (Å²) in [5, 5.41) is 7.36. The van der Waals surface area contributed by atoms with Gasteiger partial charge in [0.25, 0.3) is 0 Å². The Morgan fingerprint density at radius 2 is 2.16 bits per heavy atom. The van der Waals surface area contributed by atoms with Crippen molar-refractivity contribution >= 4 is 5.97 Å². The summed E-state index contributed by atoms with van der Waals surface area (Å²) in [5.74, 6) is -0.311. The van der Waals surface area contributed by atoms with E-state index in [0.29, 0.717) is 6.54 Å². The fraction of sp³-hybridized carbons (Fsp3) is 0.286. The third-order valence-electron chi connectivity index (χ3n) is 2.80. The Kier molecular flexibility index (Phi) is 4.30. The smallest absolute Gasteiger partial charge is 0.327 e. The molecule has 0 aliphatic heterocycles. The Labute approximate surface area is 112 Å². The van der Waals surface area contributed by atoms with Crippen LogP contribution in [-0.2, 0) is 9.53 Å². The van der Waals surface area contributed by atoms with Gasteiger partial charge in [0.15, 0.2) is 0 Å². The lowest BCUT2D eigenvalue weighted by Gasteiger charge is -2.13. The maximum atomic E-state index is 11.7. The molecule has 0 aliphatic carbocycles. The molecule has 0 fully saturated rings. The summed E-state index contributed by atoms with van der Waals surface area (Å²) >= 11 is 0. The first-order valence-corrected chi connectivity index (χ1v) is 6.17. The van der Waals surface area contributed by atoms with Gasteiger partial charge in [-0.05, 0) is 18.7 Å². The molecule has 0 bridgehead atoms. The molecule has 0 aliphatic rings. The molecule has 1 aromatic carbocycles. The summed E-state index contributed by atoms with van der Waals surface area (Å²) < 4.78 is 6.53. The van der Waals surface area contributed by atoms with Crippen molar-refractivity contribution in [2.45, 2.75) is 13.0 Å². The van der Waals surface area contributed by atoms with Gasteiger partial charge in [-0.25, -0.2) is 9.48 Å². The van der Waals surface area contributed by atoms with Gasteiger partial charge in [-0.1, -0.05) is 25.1 Å². The van der Waals surface area contributed by atoms with Crippen molar-refractivity contribution in [2.75, 3.05) is 13.7 Å². The van der Waals surface area contributed by atoms with E-state index < -0.39 is 6.04 Å². The second-order valence-corrected chi connectivity index (χ2v) is 4.07. The highest BCUT2D eigenvalue weighted by Gasteiger charge is 2.21. The number of rotatable bonds is 5. The average molecular weight is 259 g/mol. The molecule has 19 heavy (non-hydrogen) atoms. The quantitative estimate of drug-likeness (QED) is 0.830. The Bertz CT molecular complexity index is 537. The van der Waals surface area contributed by atoms with Gasteiger partial charge in [-0.15, -0.1) is 0 Å². The highest BCUT2D eigenvalue weighted by molar-refractivity contribution is 5.77. The molecule has 5 heteroatoms. The van der Waals surface area contributed by atoms with E-state index in [4.69, 9.17) is 4.74 Å². The Hall–Kier alpha value is -2.14. The number of carbonyl (C=O) groups excluding carboxylic acids is 1. The van der Waals surface area contributed by atoms with Crippen molar-refractivity contribution in [1.29, 1.82) is 0 Å². The minimum Gasteiger partial charge on any atom is -0.468 e. The number of likely N-dealkylation sites (N-methyl/N-ethyl adjacent to an activating group) is 1. The molecule has 1 heterocycles. The number of benzene rings is 1. The lowest BCUT2D eigenvalue weighted by molar-refractivity contribution is -0.143. The summed E-state index contributed by atoms with van der Waals surface area (Å²) in [6.45, 7) is 2.62. The van der Waals surface area contributed by atoms with Crippen LogP contribution < -0.4 is 5.32 Å². The van der Waals surface area contributed by atoms with Crippen molar-refractivity contribution in [3.63, 3.8) is 0 Å². The van der Waals surface area contributed by atoms with E-state index in [1.165, 1.54) is 7.11 Å². The van der Waals surface area contributed by atoms with Gasteiger partial charge in [0.2, 0.25) is 0 Å². The monoisotopic (exact) mass is 259 g/mol. The maximum Gasteiger partial charge on any atom is 0.327 e. The molecule has 2 rings (SSSR count). The summed E-state index contributed by atoms with van der Waals surface area (Å²) in [5.41, 5.74) is 1.74.